The van der Waals surface area contributed by atoms with Crippen LogP contribution in [0.1, 0.15) is 0 Å². The van der Waals surface area contributed by atoms with E-state index < -0.39 is 12.1 Å². The predicted octanol–water partition coefficient (Wildman–Crippen LogP) is -0.0544. The Morgan fingerprint density at radius 1 is 1.13 bits per heavy atom. The number of carbonyl (C=O) groups is 2. The topological polar surface area (TPSA) is 73.5 Å². The highest BCUT2D eigenvalue weighted by molar-refractivity contribution is 5.99. The van der Waals surface area contributed by atoms with Crippen LogP contribution >= 0.6 is 0 Å². The molecular formula is C9H8N4O2. The lowest BCUT2D eigenvalue weighted by atomic mass is 10.0. The average molecular weight is 204 g/mol. The lowest BCUT2D eigenvalue weighted by Crippen LogP contribution is -2.50. The molecular weight excluding hydrogens is 196 g/mol. The van der Waals surface area contributed by atoms with Crippen molar-refractivity contribution in [3.8, 4) is 0 Å². The zero-order chi connectivity index (χ0) is 10.4. The molecule has 6 nitrogen and oxygen atoms in total. The van der Waals surface area contributed by atoms with Gasteiger partial charge in [-0.1, -0.05) is 24.3 Å². The summed E-state index contributed by atoms with van der Waals surface area (Å²) in [5, 5.41) is 2.71. The van der Waals surface area contributed by atoms with Gasteiger partial charge < -0.3 is 5.32 Å². The Hall–Kier alpha value is -2.24. The number of carbonyl (C=O) groups excluding carboxylic acids is 2. The van der Waals surface area contributed by atoms with Gasteiger partial charge in [-0.25, -0.2) is 15.0 Å². The van der Waals surface area contributed by atoms with E-state index in [0.717, 1.165) is 10.5 Å². The molecule has 3 rings (SSSR count). The molecule has 0 aromatic carbocycles. The van der Waals surface area contributed by atoms with Gasteiger partial charge in [-0.2, -0.15) is 4.90 Å². The van der Waals surface area contributed by atoms with Crippen LogP contribution in [0.15, 0.2) is 35.7 Å². The second kappa shape index (κ2) is 2.63. The molecule has 0 aromatic heterocycles. The fourth-order valence-corrected chi connectivity index (χ4v) is 1.81. The fraction of sp³-hybridized carbons (Fsp3) is 0.111. The molecule has 2 heterocycles. The number of fused-ring (bicyclic) bond motifs is 2. The van der Waals surface area contributed by atoms with E-state index >= 15 is 0 Å². The smallest absolute Gasteiger partial charge is 0.327 e. The van der Waals surface area contributed by atoms with Gasteiger partial charge in [0.25, 0.3) is 0 Å². The molecule has 0 bridgehead atoms. The van der Waals surface area contributed by atoms with Crippen LogP contribution in [0.5, 0.6) is 0 Å². The van der Waals surface area contributed by atoms with Crippen molar-refractivity contribution in [1.29, 1.82) is 0 Å². The van der Waals surface area contributed by atoms with Crippen LogP contribution in [0.25, 0.3) is 0 Å². The normalized spacial score (nSPS) is 26.9. The third-order valence-electron chi connectivity index (χ3n) is 2.50. The minimum absolute atomic E-state index is 0.158. The standard InChI is InChI=1S/C9H8N4O2/c14-8-10-6-4-2-1-3-5(6)7-11-12-9(15)13(7)8/h1-4,6,11H,(H,10,14)(H,12,15). The number of hydrogen-bond donors (Lipinski definition) is 3. The summed E-state index contributed by atoms with van der Waals surface area (Å²) in [4.78, 5) is 23.9. The van der Waals surface area contributed by atoms with E-state index in [1.54, 1.807) is 0 Å². The molecule has 1 aliphatic carbocycles. The number of amides is 4. The summed E-state index contributed by atoms with van der Waals surface area (Å²) in [5.41, 5.74) is 5.95. The number of hydrazine groups is 1. The molecule has 0 spiro atoms. The van der Waals surface area contributed by atoms with Crippen molar-refractivity contribution in [2.75, 3.05) is 0 Å². The molecule has 2 aliphatic heterocycles. The van der Waals surface area contributed by atoms with Crippen molar-refractivity contribution in [3.63, 3.8) is 0 Å². The van der Waals surface area contributed by atoms with E-state index in [9.17, 15) is 9.59 Å². The summed E-state index contributed by atoms with van der Waals surface area (Å²) in [6.07, 6.45) is 7.44. The Morgan fingerprint density at radius 2 is 2.00 bits per heavy atom. The van der Waals surface area contributed by atoms with Gasteiger partial charge in [-0.15, -0.1) is 0 Å². The molecule has 3 aliphatic rings. The third-order valence-corrected chi connectivity index (χ3v) is 2.50. The second-order valence-corrected chi connectivity index (χ2v) is 3.37. The van der Waals surface area contributed by atoms with E-state index in [-0.39, 0.29) is 6.04 Å². The first-order chi connectivity index (χ1) is 7.27. The van der Waals surface area contributed by atoms with E-state index in [1.165, 1.54) is 0 Å². The number of urea groups is 2. The lowest BCUT2D eigenvalue weighted by Gasteiger charge is -2.29. The van der Waals surface area contributed by atoms with Gasteiger partial charge in [0.15, 0.2) is 0 Å². The number of nitrogens with one attached hydrogen (secondary N) is 3. The molecule has 6 heteroatoms. The molecule has 0 radical (unpaired) electrons. The number of rotatable bonds is 0. The van der Waals surface area contributed by atoms with Crippen LogP contribution in [0, 0.1) is 0 Å². The molecule has 0 saturated carbocycles. The summed E-state index contributed by atoms with van der Waals surface area (Å²) < 4.78 is 0. The number of nitrogens with zero attached hydrogens (tertiary/aromatic N) is 1. The maximum absolute atomic E-state index is 11.6. The zero-order valence-corrected chi connectivity index (χ0v) is 7.65. The summed E-state index contributed by atoms with van der Waals surface area (Å²) in [6, 6.07) is -1.04. The highest BCUT2D eigenvalue weighted by Gasteiger charge is 2.39. The Kier molecular flexibility index (Phi) is 1.42. The van der Waals surface area contributed by atoms with Crippen LogP contribution in [-0.2, 0) is 0 Å². The molecule has 0 aromatic rings. The number of imide groups is 1. The van der Waals surface area contributed by atoms with E-state index in [0.29, 0.717) is 5.82 Å². The molecule has 1 atom stereocenters. The van der Waals surface area contributed by atoms with E-state index in [1.807, 2.05) is 24.3 Å². The van der Waals surface area contributed by atoms with Crippen LogP contribution < -0.4 is 16.2 Å². The van der Waals surface area contributed by atoms with E-state index in [2.05, 4.69) is 16.2 Å². The molecule has 76 valence electrons. The first-order valence-electron chi connectivity index (χ1n) is 4.53. The maximum Gasteiger partial charge on any atom is 0.350 e. The Bertz CT molecular complexity index is 449. The van der Waals surface area contributed by atoms with E-state index in [4.69, 9.17) is 0 Å². The van der Waals surface area contributed by atoms with Gasteiger partial charge >= 0.3 is 12.1 Å². The van der Waals surface area contributed by atoms with Gasteiger partial charge in [0.2, 0.25) is 0 Å². The average Bonchev–Trinajstić information content (AvgIpc) is 2.62. The summed E-state index contributed by atoms with van der Waals surface area (Å²) in [5.74, 6) is 0.509. The highest BCUT2D eigenvalue weighted by atomic mass is 16.2. The quantitative estimate of drug-likeness (QED) is 0.517. The second-order valence-electron chi connectivity index (χ2n) is 3.37. The Labute approximate surface area is 85.3 Å². The predicted molar refractivity (Wildman–Crippen MR) is 51.1 cm³/mol. The van der Waals surface area contributed by atoms with Crippen LogP contribution in [0.2, 0.25) is 0 Å². The number of allylic oxidation sites excluding steroid dienone is 2. The van der Waals surface area contributed by atoms with Crippen molar-refractivity contribution >= 4 is 12.1 Å². The van der Waals surface area contributed by atoms with Crippen molar-refractivity contribution < 1.29 is 9.59 Å². The Balaban J connectivity index is 2.14. The highest BCUT2D eigenvalue weighted by Crippen LogP contribution is 2.24. The lowest BCUT2D eigenvalue weighted by molar-refractivity contribution is 0.201. The monoisotopic (exact) mass is 204 g/mol. The fourth-order valence-electron chi connectivity index (χ4n) is 1.81. The van der Waals surface area contributed by atoms with Crippen molar-refractivity contribution in [2.45, 2.75) is 6.04 Å². The van der Waals surface area contributed by atoms with Crippen molar-refractivity contribution in [1.82, 2.24) is 21.1 Å². The third kappa shape index (κ3) is 0.983. The first-order valence-corrected chi connectivity index (χ1v) is 4.53. The van der Waals surface area contributed by atoms with Crippen LogP contribution in [0.4, 0.5) is 9.59 Å². The molecule has 4 amide bonds. The van der Waals surface area contributed by atoms with Gasteiger partial charge in [0.1, 0.15) is 5.82 Å². The molecule has 1 saturated heterocycles. The molecule has 3 N–H and O–H groups in total. The van der Waals surface area contributed by atoms with Gasteiger partial charge in [0, 0.05) is 5.57 Å². The van der Waals surface area contributed by atoms with Crippen molar-refractivity contribution in [2.24, 2.45) is 0 Å². The van der Waals surface area contributed by atoms with Gasteiger partial charge in [-0.3, -0.25) is 5.43 Å². The minimum atomic E-state index is -0.462. The minimum Gasteiger partial charge on any atom is -0.327 e. The van der Waals surface area contributed by atoms with Crippen LogP contribution in [0.3, 0.4) is 0 Å². The maximum atomic E-state index is 11.6. The van der Waals surface area contributed by atoms with Gasteiger partial charge in [-0.05, 0) is 0 Å². The molecule has 15 heavy (non-hydrogen) atoms. The molecule has 1 fully saturated rings. The summed E-state index contributed by atoms with van der Waals surface area (Å²) in [6.45, 7) is 0. The zero-order valence-electron chi connectivity index (χ0n) is 7.65. The number of hydrogen-bond acceptors (Lipinski definition) is 3. The largest absolute Gasteiger partial charge is 0.350 e. The van der Waals surface area contributed by atoms with Crippen molar-refractivity contribution in [3.05, 3.63) is 35.7 Å². The first kappa shape index (κ1) is 8.10. The Morgan fingerprint density at radius 3 is 2.87 bits per heavy atom. The van der Waals surface area contributed by atoms with Crippen LogP contribution in [-0.4, -0.2) is 23.0 Å². The summed E-state index contributed by atoms with van der Waals surface area (Å²) in [7, 11) is 0. The molecule has 1 unspecified atom stereocenters. The van der Waals surface area contributed by atoms with Gasteiger partial charge in [0.05, 0.1) is 6.04 Å². The SMILES string of the molecule is O=C1NNC2=C3C=CC=CC3NC(=O)N12. The summed E-state index contributed by atoms with van der Waals surface area (Å²) >= 11 is 0.